The molecule has 0 aliphatic carbocycles. The molecule has 1 atom stereocenters. The average molecular weight is 297 g/mol. The minimum Gasteiger partial charge on any atom is -0.345 e. The first-order valence-corrected chi connectivity index (χ1v) is 6.64. The lowest BCUT2D eigenvalue weighted by Crippen LogP contribution is -2.16. The third kappa shape index (κ3) is 1.70. The molecule has 0 saturated carbocycles. The normalized spacial score (nSPS) is 20.3. The topological polar surface area (TPSA) is 17.0 Å². The van der Waals surface area contributed by atoms with Crippen LogP contribution < -0.4 is 5.32 Å². The number of hydrogen-bond donors (Lipinski definition) is 1. The summed E-state index contributed by atoms with van der Waals surface area (Å²) in [5, 5.41) is 4.44. The van der Waals surface area contributed by atoms with E-state index in [2.05, 4.69) is 25.8 Å². The lowest BCUT2D eigenvalue weighted by Gasteiger charge is -2.12. The van der Waals surface area contributed by atoms with Gasteiger partial charge in [-0.25, -0.2) is 4.39 Å². The Balaban J connectivity index is 2.24. The van der Waals surface area contributed by atoms with E-state index in [1.165, 1.54) is 18.2 Å². The molecule has 0 spiro atoms. The molecule has 1 aromatic carbocycles. The van der Waals surface area contributed by atoms with Gasteiger partial charge in [-0.3, -0.25) is 0 Å². The first-order chi connectivity index (χ1) is 8.18. The van der Waals surface area contributed by atoms with Crippen LogP contribution in [0.1, 0.15) is 24.6 Å². The fourth-order valence-electron chi connectivity index (χ4n) is 2.70. The van der Waals surface area contributed by atoms with Crippen molar-refractivity contribution in [3.05, 3.63) is 34.2 Å². The summed E-state index contributed by atoms with van der Waals surface area (Å²) in [6.07, 6.45) is 2.35. The van der Waals surface area contributed by atoms with Gasteiger partial charge in [0.2, 0.25) is 0 Å². The molecule has 1 aliphatic heterocycles. The van der Waals surface area contributed by atoms with Gasteiger partial charge in [0.05, 0.1) is 0 Å². The highest BCUT2D eigenvalue weighted by Crippen LogP contribution is 2.37. The van der Waals surface area contributed by atoms with Gasteiger partial charge in [-0.2, -0.15) is 0 Å². The molecule has 0 radical (unpaired) electrons. The Hall–Kier alpha value is -0.870. The second kappa shape index (κ2) is 4.10. The van der Waals surface area contributed by atoms with E-state index in [1.807, 2.05) is 13.1 Å². The summed E-state index contributed by atoms with van der Waals surface area (Å²) < 4.78 is 16.5. The molecule has 1 aliphatic rings. The van der Waals surface area contributed by atoms with E-state index in [0.29, 0.717) is 6.04 Å². The van der Waals surface area contributed by atoms with Crippen LogP contribution in [0.2, 0.25) is 0 Å². The van der Waals surface area contributed by atoms with Crippen molar-refractivity contribution in [2.24, 2.45) is 7.05 Å². The van der Waals surface area contributed by atoms with Crippen LogP contribution in [0.5, 0.6) is 0 Å². The Labute approximate surface area is 108 Å². The molecule has 1 fully saturated rings. The molecule has 0 amide bonds. The monoisotopic (exact) mass is 296 g/mol. The zero-order valence-corrected chi connectivity index (χ0v) is 11.2. The Morgan fingerprint density at radius 3 is 3.00 bits per heavy atom. The van der Waals surface area contributed by atoms with Crippen LogP contribution in [0.25, 0.3) is 10.9 Å². The highest BCUT2D eigenvalue weighted by Gasteiger charge is 2.24. The van der Waals surface area contributed by atoms with Crippen molar-refractivity contribution in [3.63, 3.8) is 0 Å². The summed E-state index contributed by atoms with van der Waals surface area (Å²) in [5.74, 6) is -0.185. The maximum atomic E-state index is 13.3. The second-order valence-corrected chi connectivity index (χ2v) is 5.36. The van der Waals surface area contributed by atoms with Crippen LogP contribution in [-0.2, 0) is 7.05 Å². The maximum absolute atomic E-state index is 13.3. The standard InChI is InChI=1S/C13H14BrFN2/c1-17-11-5-4-8(15)7-9(11)12(14)13(17)10-3-2-6-16-10/h4-5,7,10,16H,2-3,6H2,1H3. The van der Waals surface area contributed by atoms with Crippen LogP contribution >= 0.6 is 15.9 Å². The summed E-state index contributed by atoms with van der Waals surface area (Å²) in [6, 6.07) is 5.33. The van der Waals surface area contributed by atoms with E-state index in [9.17, 15) is 4.39 Å². The number of aryl methyl sites for hydroxylation is 1. The quantitative estimate of drug-likeness (QED) is 0.852. The van der Waals surface area contributed by atoms with Crippen molar-refractivity contribution >= 4 is 26.8 Å². The third-order valence-corrected chi connectivity index (χ3v) is 4.37. The smallest absolute Gasteiger partial charge is 0.123 e. The van der Waals surface area contributed by atoms with E-state index in [1.54, 1.807) is 6.07 Å². The first-order valence-electron chi connectivity index (χ1n) is 5.85. The van der Waals surface area contributed by atoms with Gasteiger partial charge < -0.3 is 9.88 Å². The maximum Gasteiger partial charge on any atom is 0.123 e. The van der Waals surface area contributed by atoms with E-state index in [0.717, 1.165) is 28.3 Å². The molecule has 2 heterocycles. The Morgan fingerprint density at radius 2 is 2.29 bits per heavy atom. The number of fused-ring (bicyclic) bond motifs is 1. The predicted molar refractivity (Wildman–Crippen MR) is 70.6 cm³/mol. The number of aromatic nitrogens is 1. The molecular weight excluding hydrogens is 283 g/mol. The molecule has 3 rings (SSSR count). The Kier molecular flexibility index (Phi) is 2.71. The zero-order valence-electron chi connectivity index (χ0n) is 9.63. The molecule has 2 aromatic rings. The predicted octanol–water partition coefficient (Wildman–Crippen LogP) is 3.50. The average Bonchev–Trinajstić information content (AvgIpc) is 2.88. The first kappa shape index (κ1) is 11.2. The van der Waals surface area contributed by atoms with E-state index >= 15 is 0 Å². The van der Waals surface area contributed by atoms with Crippen LogP contribution in [0.3, 0.4) is 0 Å². The number of benzene rings is 1. The van der Waals surface area contributed by atoms with Crippen LogP contribution in [0, 0.1) is 5.82 Å². The summed E-state index contributed by atoms with van der Waals surface area (Å²) in [7, 11) is 2.04. The Bertz CT molecular complexity index is 570. The molecule has 1 aromatic heterocycles. The third-order valence-electron chi connectivity index (χ3n) is 3.53. The van der Waals surface area contributed by atoms with Crippen molar-refractivity contribution in [2.75, 3.05) is 6.54 Å². The lowest BCUT2D eigenvalue weighted by molar-refractivity contribution is 0.601. The summed E-state index contributed by atoms with van der Waals surface area (Å²) in [5.41, 5.74) is 2.30. The molecule has 90 valence electrons. The largest absolute Gasteiger partial charge is 0.345 e. The summed E-state index contributed by atoms with van der Waals surface area (Å²) in [6.45, 7) is 1.06. The summed E-state index contributed by atoms with van der Waals surface area (Å²) >= 11 is 3.62. The van der Waals surface area contributed by atoms with Gasteiger partial charge in [0.1, 0.15) is 5.82 Å². The molecular formula is C13H14BrFN2. The molecule has 2 nitrogen and oxygen atoms in total. The van der Waals surface area contributed by atoms with Gasteiger partial charge in [-0.1, -0.05) is 0 Å². The van der Waals surface area contributed by atoms with Crippen molar-refractivity contribution in [3.8, 4) is 0 Å². The highest BCUT2D eigenvalue weighted by molar-refractivity contribution is 9.10. The van der Waals surface area contributed by atoms with Crippen molar-refractivity contribution in [1.29, 1.82) is 0 Å². The molecule has 4 heteroatoms. The minimum atomic E-state index is -0.185. The number of halogens is 2. The molecule has 1 N–H and O–H groups in total. The minimum absolute atomic E-state index is 0.185. The van der Waals surface area contributed by atoms with Crippen LogP contribution in [-0.4, -0.2) is 11.1 Å². The fourth-order valence-corrected chi connectivity index (χ4v) is 3.56. The van der Waals surface area contributed by atoms with Gasteiger partial charge in [0, 0.05) is 34.2 Å². The number of hydrogen-bond acceptors (Lipinski definition) is 1. The van der Waals surface area contributed by atoms with Gasteiger partial charge >= 0.3 is 0 Å². The lowest BCUT2D eigenvalue weighted by atomic mass is 10.1. The molecule has 17 heavy (non-hydrogen) atoms. The molecule has 1 saturated heterocycles. The van der Waals surface area contributed by atoms with E-state index in [4.69, 9.17) is 0 Å². The molecule has 0 bridgehead atoms. The zero-order chi connectivity index (χ0) is 12.0. The van der Waals surface area contributed by atoms with Crippen LogP contribution in [0.15, 0.2) is 22.7 Å². The number of rotatable bonds is 1. The van der Waals surface area contributed by atoms with Gasteiger partial charge in [-0.05, 0) is 53.5 Å². The number of nitrogens with zero attached hydrogens (tertiary/aromatic N) is 1. The fraction of sp³-hybridized carbons (Fsp3) is 0.385. The Morgan fingerprint density at radius 1 is 1.47 bits per heavy atom. The SMILES string of the molecule is Cn1c(C2CCCN2)c(Br)c2cc(F)ccc21. The van der Waals surface area contributed by atoms with Gasteiger partial charge in [-0.15, -0.1) is 0 Å². The second-order valence-electron chi connectivity index (χ2n) is 4.57. The number of nitrogens with one attached hydrogen (secondary N) is 1. The van der Waals surface area contributed by atoms with E-state index in [-0.39, 0.29) is 5.82 Å². The van der Waals surface area contributed by atoms with Gasteiger partial charge in [0.25, 0.3) is 0 Å². The molecule has 1 unspecified atom stereocenters. The van der Waals surface area contributed by atoms with E-state index < -0.39 is 0 Å². The summed E-state index contributed by atoms with van der Waals surface area (Å²) in [4.78, 5) is 0. The van der Waals surface area contributed by atoms with Crippen molar-refractivity contribution < 1.29 is 4.39 Å². The van der Waals surface area contributed by atoms with Crippen LogP contribution in [0.4, 0.5) is 4.39 Å². The van der Waals surface area contributed by atoms with Crippen molar-refractivity contribution in [1.82, 2.24) is 9.88 Å². The highest BCUT2D eigenvalue weighted by atomic mass is 79.9. The van der Waals surface area contributed by atoms with Crippen molar-refractivity contribution in [2.45, 2.75) is 18.9 Å². The van der Waals surface area contributed by atoms with Gasteiger partial charge in [0.15, 0.2) is 0 Å².